The van der Waals surface area contributed by atoms with E-state index in [1.165, 1.54) is 4.90 Å². The van der Waals surface area contributed by atoms with Crippen molar-refractivity contribution in [2.75, 3.05) is 19.7 Å². The van der Waals surface area contributed by atoms with Gasteiger partial charge in [-0.1, -0.05) is 47.5 Å². The van der Waals surface area contributed by atoms with E-state index < -0.39 is 0 Å². The molecule has 3 aromatic rings. The lowest BCUT2D eigenvalue weighted by Crippen LogP contribution is -2.31. The van der Waals surface area contributed by atoms with Crippen molar-refractivity contribution in [1.29, 1.82) is 10.5 Å². The van der Waals surface area contributed by atoms with Gasteiger partial charge in [0.15, 0.2) is 5.75 Å². The first-order valence-corrected chi connectivity index (χ1v) is 13.9. The Morgan fingerprint density at radius 3 is 1.55 bits per heavy atom. The average Bonchev–Trinajstić information content (AvgIpc) is 3.40. The fourth-order valence-electron chi connectivity index (χ4n) is 5.17. The van der Waals surface area contributed by atoms with Gasteiger partial charge in [-0.2, -0.15) is 10.5 Å². The number of fused-ring (bicyclic) bond motifs is 2. The molecule has 0 radical (unpaired) electrons. The molecule has 210 valence electrons. The molecule has 0 aliphatic carbocycles. The first-order valence-electron chi connectivity index (χ1n) is 13.2. The molecule has 2 aliphatic heterocycles. The number of imide groups is 2. The third kappa shape index (κ3) is 4.98. The van der Waals surface area contributed by atoms with Crippen LogP contribution in [0, 0.1) is 22.7 Å². The molecular formula is C31H22Cl2N4O5. The number of ether oxygens (including phenoxy) is 1. The molecule has 0 saturated heterocycles. The van der Waals surface area contributed by atoms with Gasteiger partial charge in [-0.05, 0) is 55.5 Å². The lowest BCUT2D eigenvalue weighted by atomic mass is 9.97. The Hall–Kier alpha value is -4.70. The largest absolute Gasteiger partial charge is 0.490 e. The molecule has 0 saturated carbocycles. The van der Waals surface area contributed by atoms with Crippen LogP contribution < -0.4 is 4.74 Å². The minimum Gasteiger partial charge on any atom is -0.490 e. The standard InChI is InChI=1S/C31H22Cl2N4O5/c32-25-18(8-5-6-13-36-28(38)19-9-1-2-10-20(19)29(36)39)23(16-34)24(17-35)27(26(25)33)42-15-7-14-37-30(40)21-11-3-4-12-22(21)31(37)41/h1-4,9-12H,5-8,13-15H2. The zero-order chi connectivity index (χ0) is 30.0. The number of carbonyl (C=O) groups excluding carboxylic acids is 4. The number of amides is 4. The molecular weight excluding hydrogens is 579 g/mol. The number of benzene rings is 3. The van der Waals surface area contributed by atoms with Crippen LogP contribution in [0.2, 0.25) is 10.0 Å². The highest BCUT2D eigenvalue weighted by Crippen LogP contribution is 2.41. The maximum absolute atomic E-state index is 12.6. The molecule has 4 amide bonds. The van der Waals surface area contributed by atoms with Gasteiger partial charge in [0.1, 0.15) is 22.7 Å². The normalized spacial score (nSPS) is 13.7. The smallest absolute Gasteiger partial charge is 0.261 e. The molecule has 0 N–H and O–H groups in total. The molecule has 0 atom stereocenters. The highest BCUT2D eigenvalue weighted by molar-refractivity contribution is 6.43. The van der Waals surface area contributed by atoms with Crippen molar-refractivity contribution in [1.82, 2.24) is 9.80 Å². The molecule has 2 aliphatic rings. The van der Waals surface area contributed by atoms with Gasteiger partial charge >= 0.3 is 0 Å². The van der Waals surface area contributed by atoms with E-state index in [4.69, 9.17) is 27.9 Å². The first kappa shape index (κ1) is 28.8. The average molecular weight is 601 g/mol. The van der Waals surface area contributed by atoms with Gasteiger partial charge in [-0.3, -0.25) is 29.0 Å². The third-order valence-corrected chi connectivity index (χ3v) is 8.12. The zero-order valence-electron chi connectivity index (χ0n) is 22.2. The monoisotopic (exact) mass is 600 g/mol. The molecule has 0 spiro atoms. The van der Waals surface area contributed by atoms with Crippen molar-refractivity contribution in [2.24, 2.45) is 0 Å². The fraction of sp³-hybridized carbons (Fsp3) is 0.226. The van der Waals surface area contributed by atoms with E-state index in [-0.39, 0.29) is 83.1 Å². The van der Waals surface area contributed by atoms with Crippen LogP contribution in [0.4, 0.5) is 0 Å². The molecule has 9 nitrogen and oxygen atoms in total. The lowest BCUT2D eigenvalue weighted by molar-refractivity contribution is 0.0633. The number of carbonyl (C=O) groups is 4. The molecule has 3 aromatic carbocycles. The van der Waals surface area contributed by atoms with Gasteiger partial charge in [-0.25, -0.2) is 0 Å². The van der Waals surface area contributed by atoms with Crippen LogP contribution in [-0.2, 0) is 6.42 Å². The molecule has 11 heteroatoms. The van der Waals surface area contributed by atoms with Crippen molar-refractivity contribution in [2.45, 2.75) is 25.7 Å². The molecule has 0 fully saturated rings. The van der Waals surface area contributed by atoms with Crippen LogP contribution in [0.1, 0.15) is 77.4 Å². The highest BCUT2D eigenvalue weighted by Gasteiger charge is 2.35. The first-order chi connectivity index (χ1) is 20.3. The van der Waals surface area contributed by atoms with Crippen LogP contribution in [0.3, 0.4) is 0 Å². The SMILES string of the molecule is N#Cc1c(C#N)c(OCCCN2C(=O)c3ccccc3C2=O)c(Cl)c(Cl)c1CCCCN1C(=O)c2ccccc2C1=O. The summed E-state index contributed by atoms with van der Waals surface area (Å²) in [5.74, 6) is -1.49. The summed E-state index contributed by atoms with van der Waals surface area (Å²) in [6.07, 6.45) is 1.44. The zero-order valence-corrected chi connectivity index (χ0v) is 23.7. The summed E-state index contributed by atoms with van der Waals surface area (Å²) in [5, 5.41) is 19.8. The van der Waals surface area contributed by atoms with E-state index in [0.717, 1.165) is 4.90 Å². The summed E-state index contributed by atoms with van der Waals surface area (Å²) < 4.78 is 5.77. The van der Waals surface area contributed by atoms with Crippen molar-refractivity contribution < 1.29 is 23.9 Å². The van der Waals surface area contributed by atoms with Crippen LogP contribution in [0.25, 0.3) is 0 Å². The number of hydrogen-bond acceptors (Lipinski definition) is 7. The topological polar surface area (TPSA) is 132 Å². The van der Waals surface area contributed by atoms with Gasteiger partial charge in [-0.15, -0.1) is 0 Å². The number of unbranched alkanes of at least 4 members (excludes halogenated alkanes) is 1. The minimum absolute atomic E-state index is 0.00261. The second-order valence-corrected chi connectivity index (χ2v) is 10.4. The quantitative estimate of drug-likeness (QED) is 0.224. The van der Waals surface area contributed by atoms with Gasteiger partial charge in [0, 0.05) is 13.1 Å². The van der Waals surface area contributed by atoms with E-state index in [2.05, 4.69) is 0 Å². The van der Waals surface area contributed by atoms with E-state index in [0.29, 0.717) is 40.7 Å². The van der Waals surface area contributed by atoms with E-state index in [1.807, 2.05) is 12.1 Å². The predicted octanol–water partition coefficient (Wildman–Crippen LogP) is 5.42. The Balaban J connectivity index is 1.22. The summed E-state index contributed by atoms with van der Waals surface area (Å²) in [7, 11) is 0. The maximum atomic E-state index is 12.6. The number of rotatable bonds is 10. The van der Waals surface area contributed by atoms with Gasteiger partial charge in [0.25, 0.3) is 23.6 Å². The molecule has 42 heavy (non-hydrogen) atoms. The number of nitriles is 2. The summed E-state index contributed by atoms with van der Waals surface area (Å²) in [5.41, 5.74) is 1.79. The maximum Gasteiger partial charge on any atom is 0.261 e. The van der Waals surface area contributed by atoms with Crippen LogP contribution in [0.15, 0.2) is 48.5 Å². The molecule has 0 aromatic heterocycles. The summed E-state index contributed by atoms with van der Waals surface area (Å²) in [6, 6.07) is 17.2. The van der Waals surface area contributed by atoms with E-state index in [1.54, 1.807) is 48.5 Å². The Labute approximate surface area is 251 Å². The summed E-state index contributed by atoms with van der Waals surface area (Å²) >= 11 is 13.0. The predicted molar refractivity (Wildman–Crippen MR) is 153 cm³/mol. The summed E-state index contributed by atoms with van der Waals surface area (Å²) in [6.45, 7) is 0.289. The van der Waals surface area contributed by atoms with Gasteiger partial charge in [0.2, 0.25) is 0 Å². The Morgan fingerprint density at radius 2 is 1.10 bits per heavy atom. The van der Waals surface area contributed by atoms with Crippen LogP contribution >= 0.6 is 23.2 Å². The Kier molecular flexibility index (Phi) is 8.26. The lowest BCUT2D eigenvalue weighted by Gasteiger charge is -2.18. The molecule has 0 unspecified atom stereocenters. The van der Waals surface area contributed by atoms with Crippen LogP contribution in [-0.4, -0.2) is 53.1 Å². The molecule has 2 heterocycles. The highest BCUT2D eigenvalue weighted by atomic mass is 35.5. The second-order valence-electron chi connectivity index (χ2n) is 9.68. The van der Waals surface area contributed by atoms with E-state index in [9.17, 15) is 29.7 Å². The minimum atomic E-state index is -0.381. The third-order valence-electron chi connectivity index (χ3n) is 7.25. The summed E-state index contributed by atoms with van der Waals surface area (Å²) in [4.78, 5) is 52.7. The fourth-order valence-corrected chi connectivity index (χ4v) is 5.71. The van der Waals surface area contributed by atoms with Crippen molar-refractivity contribution >= 4 is 46.8 Å². The number of hydrogen-bond donors (Lipinski definition) is 0. The Bertz CT molecular complexity index is 1540. The van der Waals surface area contributed by atoms with E-state index >= 15 is 0 Å². The van der Waals surface area contributed by atoms with Crippen molar-refractivity contribution in [3.05, 3.63) is 97.5 Å². The van der Waals surface area contributed by atoms with Crippen LogP contribution in [0.5, 0.6) is 5.75 Å². The van der Waals surface area contributed by atoms with Crippen molar-refractivity contribution in [3.63, 3.8) is 0 Å². The Morgan fingerprint density at radius 1 is 0.643 bits per heavy atom. The number of nitrogens with zero attached hydrogens (tertiary/aromatic N) is 4. The second kappa shape index (κ2) is 12.0. The molecule has 0 bridgehead atoms. The van der Waals surface area contributed by atoms with Gasteiger partial charge in [0.05, 0.1) is 39.4 Å². The van der Waals surface area contributed by atoms with Crippen molar-refractivity contribution in [3.8, 4) is 17.9 Å². The molecule has 5 rings (SSSR count). The van der Waals surface area contributed by atoms with Gasteiger partial charge < -0.3 is 4.74 Å². The number of halogens is 2.